The molecule has 0 aliphatic carbocycles. The second-order valence-electron chi connectivity index (χ2n) is 2.62. The highest BCUT2D eigenvalue weighted by Gasteiger charge is 1.86. The van der Waals surface area contributed by atoms with Gasteiger partial charge in [-0.15, -0.1) is 0 Å². The molecule has 0 spiro atoms. The molecule has 0 saturated carbocycles. The highest BCUT2D eigenvalue weighted by Crippen LogP contribution is 2.05. The largest absolute Gasteiger partial charge is 0.252 e. The van der Waals surface area contributed by atoms with Crippen molar-refractivity contribution in [2.24, 2.45) is 0 Å². The maximum Gasteiger partial charge on any atom is 0.100 e. The molecule has 0 saturated heterocycles. The number of allylic oxidation sites excluding steroid dienone is 3. The summed E-state index contributed by atoms with van der Waals surface area (Å²) in [6.45, 7) is 4.54. The number of hydrogen-bond donors (Lipinski definition) is 1. The fraction of sp³-hybridized carbons (Fsp3) is 0.600. The van der Waals surface area contributed by atoms with E-state index in [2.05, 4.69) is 24.8 Å². The predicted octanol–water partition coefficient (Wildman–Crippen LogP) is 3.17. The van der Waals surface area contributed by atoms with Crippen molar-refractivity contribution in [3.8, 4) is 0 Å². The van der Waals surface area contributed by atoms with Crippen LogP contribution in [0, 0.1) is 0 Å². The van der Waals surface area contributed by atoms with E-state index >= 15 is 0 Å². The molecule has 0 bridgehead atoms. The first-order chi connectivity index (χ1) is 5.85. The molecule has 0 fully saturated rings. The van der Waals surface area contributed by atoms with Crippen LogP contribution in [0.25, 0.3) is 0 Å². The van der Waals surface area contributed by atoms with Crippen LogP contribution in [0.5, 0.6) is 0 Å². The quantitative estimate of drug-likeness (QED) is 0.377. The maximum absolute atomic E-state index is 8.06. The zero-order chi connectivity index (χ0) is 9.23. The minimum atomic E-state index is 0.267. The number of hydrogen-bond acceptors (Lipinski definition) is 2. The van der Waals surface area contributed by atoms with Gasteiger partial charge in [-0.3, -0.25) is 5.26 Å². The van der Waals surface area contributed by atoms with Gasteiger partial charge in [0.25, 0.3) is 0 Å². The molecule has 0 aromatic carbocycles. The summed E-state index contributed by atoms with van der Waals surface area (Å²) in [5, 5.41) is 8.06. The first kappa shape index (κ1) is 11.4. The average Bonchev–Trinajstić information content (AvgIpc) is 2.11. The van der Waals surface area contributed by atoms with Crippen molar-refractivity contribution in [1.29, 1.82) is 0 Å². The van der Waals surface area contributed by atoms with Crippen molar-refractivity contribution < 1.29 is 10.1 Å². The Morgan fingerprint density at radius 2 is 2.17 bits per heavy atom. The van der Waals surface area contributed by atoms with Crippen LogP contribution in [-0.2, 0) is 4.89 Å². The highest BCUT2D eigenvalue weighted by atomic mass is 17.1. The van der Waals surface area contributed by atoms with Gasteiger partial charge in [-0.1, -0.05) is 44.1 Å². The van der Waals surface area contributed by atoms with Gasteiger partial charge in [0.2, 0.25) is 0 Å². The molecule has 0 rings (SSSR count). The van der Waals surface area contributed by atoms with Gasteiger partial charge in [0.05, 0.1) is 0 Å². The third-order valence-corrected chi connectivity index (χ3v) is 1.61. The first-order valence-corrected chi connectivity index (χ1v) is 4.47. The smallest absolute Gasteiger partial charge is 0.100 e. The topological polar surface area (TPSA) is 29.5 Å². The standard InChI is InChI=1S/C10H18O2/c1-3-5-7-10(4-2)8-6-9-12-11/h6-8,11H,3-5,9H2,1-2H3/b8-6+,10-7+. The van der Waals surface area contributed by atoms with Crippen LogP contribution in [0.15, 0.2) is 23.8 Å². The average molecular weight is 170 g/mol. The summed E-state index contributed by atoms with van der Waals surface area (Å²) < 4.78 is 0. The molecule has 0 unspecified atom stereocenters. The highest BCUT2D eigenvalue weighted by molar-refractivity contribution is 5.17. The second-order valence-corrected chi connectivity index (χ2v) is 2.62. The van der Waals surface area contributed by atoms with E-state index in [1.165, 1.54) is 12.0 Å². The Balaban J connectivity index is 3.80. The van der Waals surface area contributed by atoms with Gasteiger partial charge in [-0.2, -0.15) is 0 Å². The van der Waals surface area contributed by atoms with E-state index in [9.17, 15) is 0 Å². The molecule has 2 heteroatoms. The summed E-state index contributed by atoms with van der Waals surface area (Å²) in [5.41, 5.74) is 1.30. The molecule has 2 nitrogen and oxygen atoms in total. The number of rotatable bonds is 6. The Morgan fingerprint density at radius 3 is 2.67 bits per heavy atom. The molecule has 12 heavy (non-hydrogen) atoms. The molecule has 70 valence electrons. The van der Waals surface area contributed by atoms with Crippen LogP contribution in [0.2, 0.25) is 0 Å². The molecular weight excluding hydrogens is 152 g/mol. The van der Waals surface area contributed by atoms with Crippen molar-refractivity contribution >= 4 is 0 Å². The zero-order valence-corrected chi connectivity index (χ0v) is 7.92. The SMILES string of the molecule is CCC/C=C(/C=C/COO)CC. The minimum Gasteiger partial charge on any atom is -0.252 e. The van der Waals surface area contributed by atoms with Gasteiger partial charge in [-0.05, 0) is 12.8 Å². The Morgan fingerprint density at radius 1 is 1.42 bits per heavy atom. The van der Waals surface area contributed by atoms with Gasteiger partial charge in [0.15, 0.2) is 0 Å². The van der Waals surface area contributed by atoms with Crippen LogP contribution in [-0.4, -0.2) is 11.9 Å². The third-order valence-electron chi connectivity index (χ3n) is 1.61. The van der Waals surface area contributed by atoms with Crippen molar-refractivity contribution in [1.82, 2.24) is 0 Å². The van der Waals surface area contributed by atoms with E-state index in [0.717, 1.165) is 12.8 Å². The minimum absolute atomic E-state index is 0.267. The van der Waals surface area contributed by atoms with Crippen LogP contribution < -0.4 is 0 Å². The molecule has 0 atom stereocenters. The Bertz CT molecular complexity index is 148. The van der Waals surface area contributed by atoms with Crippen molar-refractivity contribution in [3.63, 3.8) is 0 Å². The van der Waals surface area contributed by atoms with E-state index in [-0.39, 0.29) is 6.61 Å². The normalized spacial score (nSPS) is 12.8. The molecule has 0 heterocycles. The molecule has 0 amide bonds. The van der Waals surface area contributed by atoms with E-state index < -0.39 is 0 Å². The monoisotopic (exact) mass is 170 g/mol. The van der Waals surface area contributed by atoms with Gasteiger partial charge in [0.1, 0.15) is 6.61 Å². The lowest BCUT2D eigenvalue weighted by Gasteiger charge is -1.95. The summed E-state index contributed by atoms with van der Waals surface area (Å²) in [6, 6.07) is 0. The molecule has 0 radical (unpaired) electrons. The van der Waals surface area contributed by atoms with Crippen LogP contribution in [0.1, 0.15) is 33.1 Å². The van der Waals surface area contributed by atoms with Gasteiger partial charge in [-0.25, -0.2) is 4.89 Å². The molecule has 0 aromatic rings. The molecular formula is C10H18O2. The number of unbranched alkanes of at least 4 members (excludes halogenated alkanes) is 1. The van der Waals surface area contributed by atoms with E-state index in [1.54, 1.807) is 0 Å². The third kappa shape index (κ3) is 6.13. The Labute approximate surface area is 74.5 Å². The Hall–Kier alpha value is -0.600. The van der Waals surface area contributed by atoms with Crippen molar-refractivity contribution in [2.75, 3.05) is 6.61 Å². The predicted molar refractivity (Wildman–Crippen MR) is 51.0 cm³/mol. The molecule has 1 N–H and O–H groups in total. The van der Waals surface area contributed by atoms with E-state index in [0.29, 0.717) is 0 Å². The summed E-state index contributed by atoms with van der Waals surface area (Å²) in [6.07, 6.45) is 9.34. The van der Waals surface area contributed by atoms with Crippen LogP contribution in [0.4, 0.5) is 0 Å². The summed E-state index contributed by atoms with van der Waals surface area (Å²) in [4.78, 5) is 3.93. The Kier molecular flexibility index (Phi) is 8.07. The molecule has 0 aromatic heterocycles. The summed E-state index contributed by atoms with van der Waals surface area (Å²) in [5.74, 6) is 0. The fourth-order valence-corrected chi connectivity index (χ4v) is 0.902. The molecule has 0 aliphatic heterocycles. The van der Waals surface area contributed by atoms with Gasteiger partial charge in [0, 0.05) is 0 Å². The lowest BCUT2D eigenvalue weighted by molar-refractivity contribution is -0.231. The van der Waals surface area contributed by atoms with Crippen molar-refractivity contribution in [2.45, 2.75) is 33.1 Å². The summed E-state index contributed by atoms with van der Waals surface area (Å²) in [7, 11) is 0. The van der Waals surface area contributed by atoms with E-state index in [4.69, 9.17) is 5.26 Å². The molecule has 0 aliphatic rings. The van der Waals surface area contributed by atoms with Crippen LogP contribution >= 0.6 is 0 Å². The fourth-order valence-electron chi connectivity index (χ4n) is 0.902. The lowest BCUT2D eigenvalue weighted by atomic mass is 10.1. The summed E-state index contributed by atoms with van der Waals surface area (Å²) >= 11 is 0. The van der Waals surface area contributed by atoms with Crippen molar-refractivity contribution in [3.05, 3.63) is 23.8 Å². The maximum atomic E-state index is 8.06. The van der Waals surface area contributed by atoms with Gasteiger partial charge >= 0.3 is 0 Å². The van der Waals surface area contributed by atoms with E-state index in [1.807, 2.05) is 12.2 Å². The lowest BCUT2D eigenvalue weighted by Crippen LogP contribution is -1.83. The zero-order valence-electron chi connectivity index (χ0n) is 7.92. The van der Waals surface area contributed by atoms with Gasteiger partial charge < -0.3 is 0 Å². The second kappa shape index (κ2) is 8.50. The van der Waals surface area contributed by atoms with Crippen LogP contribution in [0.3, 0.4) is 0 Å². The first-order valence-electron chi connectivity index (χ1n) is 4.47.